The number of aliphatic hydroxyl groups is 1. The molecule has 0 radical (unpaired) electrons. The number of carbonyl (C=O) groups is 1. The molecule has 1 aliphatic carbocycles. The summed E-state index contributed by atoms with van der Waals surface area (Å²) in [6.45, 7) is 2.38. The summed E-state index contributed by atoms with van der Waals surface area (Å²) in [6, 6.07) is 21.0. The number of hydrogen-bond acceptors (Lipinski definition) is 4. The zero-order valence-electron chi connectivity index (χ0n) is 17.1. The van der Waals surface area contributed by atoms with Gasteiger partial charge in [0.2, 0.25) is 0 Å². The zero-order valence-corrected chi connectivity index (χ0v) is 18.0. The standard InChI is InChI=1S/C25H27NO3S/c1-18(27)22-13-14-23(30-22)25(15-7-8-16-25)17-26-24(28)20-11-5-6-12-21(20)29-19-9-3-2-4-10-19/h2-6,9-14,18,27H,7-8,15-17H2,1H3,(H,26,28). The Morgan fingerprint density at radius 3 is 2.47 bits per heavy atom. The quantitative estimate of drug-likeness (QED) is 0.504. The monoisotopic (exact) mass is 421 g/mol. The minimum Gasteiger partial charge on any atom is -0.457 e. The molecule has 30 heavy (non-hydrogen) atoms. The van der Waals surface area contributed by atoms with Crippen LogP contribution in [0.1, 0.15) is 58.8 Å². The maximum atomic E-state index is 13.1. The van der Waals surface area contributed by atoms with E-state index in [2.05, 4.69) is 11.4 Å². The average molecular weight is 422 g/mol. The van der Waals surface area contributed by atoms with Crippen molar-refractivity contribution < 1.29 is 14.6 Å². The predicted molar refractivity (Wildman–Crippen MR) is 120 cm³/mol. The normalized spacial score (nSPS) is 16.2. The van der Waals surface area contributed by atoms with Crippen LogP contribution in [0.2, 0.25) is 0 Å². The fourth-order valence-corrected chi connectivity index (χ4v) is 5.32. The molecule has 1 fully saturated rings. The van der Waals surface area contributed by atoms with Crippen molar-refractivity contribution in [2.75, 3.05) is 6.54 Å². The first-order chi connectivity index (χ1) is 14.6. The van der Waals surface area contributed by atoms with E-state index in [1.54, 1.807) is 24.3 Å². The van der Waals surface area contributed by atoms with Crippen LogP contribution in [0.5, 0.6) is 11.5 Å². The molecular weight excluding hydrogens is 394 g/mol. The largest absolute Gasteiger partial charge is 0.457 e. The molecule has 0 aliphatic heterocycles. The number of amides is 1. The van der Waals surface area contributed by atoms with Crippen LogP contribution in [-0.4, -0.2) is 17.6 Å². The molecule has 1 amide bonds. The maximum Gasteiger partial charge on any atom is 0.255 e. The van der Waals surface area contributed by atoms with E-state index < -0.39 is 6.10 Å². The summed E-state index contributed by atoms with van der Waals surface area (Å²) in [7, 11) is 0. The zero-order chi connectivity index (χ0) is 21.0. The number of ether oxygens (including phenoxy) is 1. The van der Waals surface area contributed by atoms with Gasteiger partial charge in [-0.1, -0.05) is 43.2 Å². The summed E-state index contributed by atoms with van der Waals surface area (Å²) in [5, 5.41) is 13.1. The summed E-state index contributed by atoms with van der Waals surface area (Å²) in [5.74, 6) is 1.13. The van der Waals surface area contributed by atoms with Crippen molar-refractivity contribution in [3.63, 3.8) is 0 Å². The second kappa shape index (κ2) is 9.02. The molecule has 4 nitrogen and oxygen atoms in total. The van der Waals surface area contributed by atoms with Crippen molar-refractivity contribution in [1.82, 2.24) is 5.32 Å². The first-order valence-corrected chi connectivity index (χ1v) is 11.3. The highest BCUT2D eigenvalue weighted by Crippen LogP contribution is 2.44. The SMILES string of the molecule is CC(O)c1ccc(C2(CNC(=O)c3ccccc3Oc3ccccc3)CCCC2)s1. The van der Waals surface area contributed by atoms with E-state index in [0.29, 0.717) is 23.6 Å². The highest BCUT2D eigenvalue weighted by Gasteiger charge is 2.37. The van der Waals surface area contributed by atoms with Crippen LogP contribution in [0.3, 0.4) is 0 Å². The van der Waals surface area contributed by atoms with Crippen molar-refractivity contribution in [3.05, 3.63) is 82.0 Å². The molecule has 5 heteroatoms. The first-order valence-electron chi connectivity index (χ1n) is 10.5. The van der Waals surface area contributed by atoms with Crippen LogP contribution in [0, 0.1) is 0 Å². The van der Waals surface area contributed by atoms with Gasteiger partial charge in [-0.2, -0.15) is 0 Å². The number of aliphatic hydroxyl groups excluding tert-OH is 1. The van der Waals surface area contributed by atoms with Gasteiger partial charge in [0.1, 0.15) is 11.5 Å². The van der Waals surface area contributed by atoms with Crippen molar-refractivity contribution in [1.29, 1.82) is 0 Å². The molecule has 4 rings (SSSR count). The number of para-hydroxylation sites is 2. The summed E-state index contributed by atoms with van der Waals surface area (Å²) >= 11 is 1.66. The maximum absolute atomic E-state index is 13.1. The van der Waals surface area contributed by atoms with Gasteiger partial charge in [-0.25, -0.2) is 0 Å². The number of carbonyl (C=O) groups excluding carboxylic acids is 1. The number of nitrogens with one attached hydrogen (secondary N) is 1. The van der Waals surface area contributed by atoms with Crippen molar-refractivity contribution >= 4 is 17.2 Å². The smallest absolute Gasteiger partial charge is 0.255 e. The molecule has 1 atom stereocenters. The predicted octanol–water partition coefficient (Wildman–Crippen LogP) is 5.84. The molecule has 156 valence electrons. The van der Waals surface area contributed by atoms with E-state index in [1.807, 2.05) is 54.6 Å². The lowest BCUT2D eigenvalue weighted by Crippen LogP contribution is -2.38. The second-order valence-electron chi connectivity index (χ2n) is 7.96. The third-order valence-electron chi connectivity index (χ3n) is 5.81. The van der Waals surface area contributed by atoms with Crippen molar-refractivity contribution in [2.45, 2.75) is 44.1 Å². The van der Waals surface area contributed by atoms with E-state index in [-0.39, 0.29) is 11.3 Å². The summed E-state index contributed by atoms with van der Waals surface area (Å²) < 4.78 is 5.96. The summed E-state index contributed by atoms with van der Waals surface area (Å²) in [6.07, 6.45) is 3.96. The summed E-state index contributed by atoms with van der Waals surface area (Å²) in [4.78, 5) is 15.3. The molecule has 1 heterocycles. The minimum absolute atomic E-state index is 0.0529. The van der Waals surface area contributed by atoms with E-state index in [0.717, 1.165) is 30.6 Å². The lowest BCUT2D eigenvalue weighted by Gasteiger charge is -2.28. The fraction of sp³-hybridized carbons (Fsp3) is 0.320. The molecule has 1 aromatic heterocycles. The Morgan fingerprint density at radius 2 is 1.77 bits per heavy atom. The Bertz CT molecular complexity index is 990. The molecular formula is C25H27NO3S. The topological polar surface area (TPSA) is 58.6 Å². The molecule has 0 spiro atoms. The molecule has 0 bridgehead atoms. The Kier molecular flexibility index (Phi) is 6.21. The third kappa shape index (κ3) is 4.42. The Morgan fingerprint density at radius 1 is 1.07 bits per heavy atom. The van der Waals surface area contributed by atoms with Gasteiger partial charge in [-0.05, 0) is 56.2 Å². The van der Waals surface area contributed by atoms with Gasteiger partial charge in [0.25, 0.3) is 5.91 Å². The Hall–Kier alpha value is -2.63. The molecule has 3 aromatic rings. The first kappa shape index (κ1) is 20.6. The van der Waals surface area contributed by atoms with Gasteiger partial charge in [-0.15, -0.1) is 11.3 Å². The van der Waals surface area contributed by atoms with Crippen LogP contribution in [0.15, 0.2) is 66.7 Å². The average Bonchev–Trinajstić information content (AvgIpc) is 3.44. The van der Waals surface area contributed by atoms with Gasteiger partial charge >= 0.3 is 0 Å². The van der Waals surface area contributed by atoms with E-state index in [9.17, 15) is 9.90 Å². The number of thiophene rings is 1. The minimum atomic E-state index is -0.459. The molecule has 2 aromatic carbocycles. The molecule has 1 aliphatic rings. The van der Waals surface area contributed by atoms with Crippen molar-refractivity contribution in [2.24, 2.45) is 0 Å². The molecule has 0 saturated heterocycles. The number of hydrogen-bond donors (Lipinski definition) is 2. The van der Waals surface area contributed by atoms with Crippen LogP contribution in [0.4, 0.5) is 0 Å². The van der Waals surface area contributed by atoms with Crippen LogP contribution >= 0.6 is 11.3 Å². The fourth-order valence-electron chi connectivity index (χ4n) is 4.13. The highest BCUT2D eigenvalue weighted by atomic mass is 32.1. The van der Waals surface area contributed by atoms with Gasteiger partial charge in [-0.3, -0.25) is 4.79 Å². The third-order valence-corrected chi connectivity index (χ3v) is 7.31. The lowest BCUT2D eigenvalue weighted by atomic mass is 9.84. The highest BCUT2D eigenvalue weighted by molar-refractivity contribution is 7.12. The molecule has 1 unspecified atom stereocenters. The lowest BCUT2D eigenvalue weighted by molar-refractivity contribution is 0.0941. The second-order valence-corrected chi connectivity index (χ2v) is 9.07. The Balaban J connectivity index is 1.51. The van der Waals surface area contributed by atoms with E-state index in [4.69, 9.17) is 4.74 Å². The van der Waals surface area contributed by atoms with Crippen LogP contribution < -0.4 is 10.1 Å². The molecule has 1 saturated carbocycles. The number of rotatable bonds is 7. The van der Waals surface area contributed by atoms with E-state index in [1.165, 1.54) is 4.88 Å². The van der Waals surface area contributed by atoms with Gasteiger partial charge < -0.3 is 15.2 Å². The van der Waals surface area contributed by atoms with Crippen molar-refractivity contribution in [3.8, 4) is 11.5 Å². The van der Waals surface area contributed by atoms with Gasteiger partial charge in [0.15, 0.2) is 0 Å². The van der Waals surface area contributed by atoms with Gasteiger partial charge in [0, 0.05) is 21.7 Å². The van der Waals surface area contributed by atoms with Crippen LogP contribution in [-0.2, 0) is 5.41 Å². The van der Waals surface area contributed by atoms with E-state index >= 15 is 0 Å². The van der Waals surface area contributed by atoms with Gasteiger partial charge in [0.05, 0.1) is 11.7 Å². The summed E-state index contributed by atoms with van der Waals surface area (Å²) in [5.41, 5.74) is 0.480. The van der Waals surface area contributed by atoms with Crippen LogP contribution in [0.25, 0.3) is 0 Å². The Labute approximate surface area is 181 Å². The number of benzene rings is 2. The molecule has 2 N–H and O–H groups in total.